The van der Waals surface area contributed by atoms with Crippen molar-refractivity contribution in [3.05, 3.63) is 59.8 Å². The molecule has 0 fully saturated rings. The van der Waals surface area contributed by atoms with Crippen molar-refractivity contribution in [2.75, 3.05) is 20.3 Å². The molecule has 1 aliphatic carbocycles. The van der Waals surface area contributed by atoms with Gasteiger partial charge in [0, 0.05) is 43.3 Å². The molecule has 1 aliphatic rings. The van der Waals surface area contributed by atoms with Crippen LogP contribution in [0.25, 0.3) is 22.8 Å². The second-order valence-corrected chi connectivity index (χ2v) is 6.11. The van der Waals surface area contributed by atoms with E-state index in [1.54, 1.807) is 6.20 Å². The van der Waals surface area contributed by atoms with E-state index in [4.69, 9.17) is 0 Å². The Balaban J connectivity index is 1.75. The highest BCUT2D eigenvalue weighted by molar-refractivity contribution is 5.80. The van der Waals surface area contributed by atoms with Crippen LogP contribution in [0.5, 0.6) is 0 Å². The van der Waals surface area contributed by atoms with Gasteiger partial charge < -0.3 is 4.90 Å². The van der Waals surface area contributed by atoms with Crippen LogP contribution in [0.3, 0.4) is 0 Å². The second kappa shape index (κ2) is 6.07. The third-order valence-electron chi connectivity index (χ3n) is 4.63. The summed E-state index contributed by atoms with van der Waals surface area (Å²) in [7, 11) is 1.95. The summed E-state index contributed by atoms with van der Waals surface area (Å²) in [6.07, 6.45) is 11.7. The van der Waals surface area contributed by atoms with Gasteiger partial charge in [-0.25, -0.2) is 9.37 Å². The molecule has 24 heavy (non-hydrogen) atoms. The molecule has 0 aromatic carbocycles. The Morgan fingerprint density at radius 3 is 3.04 bits per heavy atom. The van der Waals surface area contributed by atoms with Gasteiger partial charge in [0.15, 0.2) is 0 Å². The van der Waals surface area contributed by atoms with Crippen molar-refractivity contribution in [3.63, 3.8) is 0 Å². The van der Waals surface area contributed by atoms with Gasteiger partial charge >= 0.3 is 0 Å². The van der Waals surface area contributed by atoms with Gasteiger partial charge in [0.25, 0.3) is 0 Å². The first-order valence-electron chi connectivity index (χ1n) is 8.14. The number of fused-ring (bicyclic) bond motifs is 2. The van der Waals surface area contributed by atoms with Crippen molar-refractivity contribution in [2.24, 2.45) is 0 Å². The molecule has 3 aromatic heterocycles. The number of nitrogens with zero attached hydrogens (tertiary/aromatic N) is 4. The van der Waals surface area contributed by atoms with Crippen LogP contribution in [0.4, 0.5) is 4.39 Å². The van der Waals surface area contributed by atoms with Gasteiger partial charge in [-0.3, -0.25) is 9.55 Å². The van der Waals surface area contributed by atoms with Gasteiger partial charge in [-0.2, -0.15) is 0 Å². The molecule has 122 valence electrons. The topological polar surface area (TPSA) is 34.0 Å². The highest BCUT2D eigenvalue weighted by atomic mass is 19.1. The highest BCUT2D eigenvalue weighted by Gasteiger charge is 2.15. The summed E-state index contributed by atoms with van der Waals surface area (Å²) in [5, 5.41) is 1.14. The molecule has 0 bridgehead atoms. The molecule has 0 atom stereocenters. The quantitative estimate of drug-likeness (QED) is 0.736. The Kier molecular flexibility index (Phi) is 3.76. The molecular formula is C19H19FN4. The molecular weight excluding hydrogens is 303 g/mol. The predicted octanol–water partition coefficient (Wildman–Crippen LogP) is 3.61. The van der Waals surface area contributed by atoms with Crippen LogP contribution in [0.1, 0.15) is 17.5 Å². The van der Waals surface area contributed by atoms with E-state index >= 15 is 0 Å². The number of hydrogen-bond acceptors (Lipinski definition) is 3. The number of hydrogen-bond donors (Lipinski definition) is 0. The van der Waals surface area contributed by atoms with Crippen LogP contribution in [-0.2, 0) is 6.42 Å². The first kappa shape index (κ1) is 14.9. The maximum atomic E-state index is 12.6. The summed E-state index contributed by atoms with van der Waals surface area (Å²) >= 11 is 0. The van der Waals surface area contributed by atoms with Crippen molar-refractivity contribution in [1.82, 2.24) is 19.4 Å². The minimum Gasteiger partial charge on any atom is -0.375 e. The zero-order chi connectivity index (χ0) is 16.5. The maximum Gasteiger partial charge on any atom is 0.137 e. The number of rotatable bonds is 4. The monoisotopic (exact) mass is 322 g/mol. The van der Waals surface area contributed by atoms with Gasteiger partial charge in [0.2, 0.25) is 0 Å². The van der Waals surface area contributed by atoms with Gasteiger partial charge in [-0.15, -0.1) is 0 Å². The number of aryl methyl sites for hydroxylation is 1. The van der Waals surface area contributed by atoms with Crippen LogP contribution in [0.2, 0.25) is 0 Å². The van der Waals surface area contributed by atoms with E-state index in [2.05, 4.69) is 32.7 Å². The van der Waals surface area contributed by atoms with Crippen molar-refractivity contribution in [2.45, 2.75) is 12.8 Å². The fourth-order valence-corrected chi connectivity index (χ4v) is 3.22. The number of alkyl halides is 1. The molecule has 0 aliphatic heterocycles. The average molecular weight is 322 g/mol. The summed E-state index contributed by atoms with van der Waals surface area (Å²) in [5.74, 6) is 0.877. The Labute approximate surface area is 140 Å². The summed E-state index contributed by atoms with van der Waals surface area (Å²) in [5.41, 5.74) is 4.62. The Morgan fingerprint density at radius 2 is 2.17 bits per heavy atom. The van der Waals surface area contributed by atoms with E-state index in [1.807, 2.05) is 36.6 Å². The fourth-order valence-electron chi connectivity index (χ4n) is 3.22. The smallest absolute Gasteiger partial charge is 0.137 e. The van der Waals surface area contributed by atoms with Crippen molar-refractivity contribution >= 4 is 17.0 Å². The summed E-state index contributed by atoms with van der Waals surface area (Å²) < 4.78 is 14.7. The van der Waals surface area contributed by atoms with Crippen LogP contribution in [0.15, 0.2) is 48.7 Å². The minimum absolute atomic E-state index is 0.329. The molecule has 4 nitrogen and oxygen atoms in total. The molecule has 0 saturated heterocycles. The molecule has 0 spiro atoms. The summed E-state index contributed by atoms with van der Waals surface area (Å²) in [6.45, 7) is 0.109. The van der Waals surface area contributed by atoms with Gasteiger partial charge in [-0.05, 0) is 48.2 Å². The molecule has 0 amide bonds. The number of allylic oxidation sites excluding steroid dienone is 1. The standard InChI is InChI=1S/C19H19FN4/c1-23(9-6-20)17-3-2-15-12-22-19(11-16(15)10-17)24-8-5-14-4-7-21-13-18(14)24/h4-5,7-8,10-13H,2-3,6,9H2,1H3. The molecule has 0 saturated carbocycles. The van der Waals surface area contributed by atoms with Crippen LogP contribution >= 0.6 is 0 Å². The highest BCUT2D eigenvalue weighted by Crippen LogP contribution is 2.27. The second-order valence-electron chi connectivity index (χ2n) is 6.11. The number of halogens is 1. The molecule has 3 aromatic rings. The van der Waals surface area contributed by atoms with E-state index < -0.39 is 0 Å². The lowest BCUT2D eigenvalue weighted by atomic mass is 9.96. The van der Waals surface area contributed by atoms with Crippen molar-refractivity contribution in [1.29, 1.82) is 0 Å². The Bertz CT molecular complexity index is 913. The predicted molar refractivity (Wildman–Crippen MR) is 93.8 cm³/mol. The number of aromatic nitrogens is 3. The first-order chi connectivity index (χ1) is 11.8. The summed E-state index contributed by atoms with van der Waals surface area (Å²) in [4.78, 5) is 10.8. The molecule has 3 heterocycles. The third kappa shape index (κ3) is 2.56. The lowest BCUT2D eigenvalue weighted by Gasteiger charge is -2.25. The van der Waals surface area contributed by atoms with Crippen LogP contribution in [0, 0.1) is 0 Å². The van der Waals surface area contributed by atoms with E-state index in [9.17, 15) is 4.39 Å². The summed E-state index contributed by atoms with van der Waals surface area (Å²) in [6, 6.07) is 6.16. The molecule has 0 unspecified atom stereocenters. The Morgan fingerprint density at radius 1 is 1.25 bits per heavy atom. The lowest BCUT2D eigenvalue weighted by Crippen LogP contribution is -2.22. The van der Waals surface area contributed by atoms with E-state index in [0.29, 0.717) is 6.54 Å². The molecule has 5 heteroatoms. The largest absolute Gasteiger partial charge is 0.375 e. The maximum absolute atomic E-state index is 12.6. The lowest BCUT2D eigenvalue weighted by molar-refractivity contribution is 0.343. The SMILES string of the molecule is CN(CCF)C1=Cc2cc(-n3ccc4ccncc43)ncc2CC1. The minimum atomic E-state index is -0.329. The zero-order valence-electron chi connectivity index (χ0n) is 13.6. The third-order valence-corrected chi connectivity index (χ3v) is 4.63. The van der Waals surface area contributed by atoms with Gasteiger partial charge in [0.05, 0.1) is 11.7 Å². The number of pyridine rings is 2. The van der Waals surface area contributed by atoms with E-state index in [0.717, 1.165) is 35.1 Å². The van der Waals surface area contributed by atoms with Crippen molar-refractivity contribution < 1.29 is 4.39 Å². The van der Waals surface area contributed by atoms with Gasteiger partial charge in [-0.1, -0.05) is 0 Å². The first-order valence-corrected chi connectivity index (χ1v) is 8.14. The van der Waals surface area contributed by atoms with Crippen molar-refractivity contribution in [3.8, 4) is 5.82 Å². The van der Waals surface area contributed by atoms with Gasteiger partial charge in [0.1, 0.15) is 12.5 Å². The van der Waals surface area contributed by atoms with Crippen LogP contribution in [-0.4, -0.2) is 39.7 Å². The molecule has 4 rings (SSSR count). The van der Waals surface area contributed by atoms with Crippen LogP contribution < -0.4 is 0 Å². The Hall–Kier alpha value is -2.69. The van der Waals surface area contributed by atoms with E-state index in [1.165, 1.54) is 11.3 Å². The molecule has 0 radical (unpaired) electrons. The average Bonchev–Trinajstić information content (AvgIpc) is 3.05. The fraction of sp³-hybridized carbons (Fsp3) is 0.263. The normalized spacial score (nSPS) is 13.7. The van der Waals surface area contributed by atoms with E-state index in [-0.39, 0.29) is 6.67 Å². The zero-order valence-corrected chi connectivity index (χ0v) is 13.6. The molecule has 0 N–H and O–H groups in total.